The topological polar surface area (TPSA) is 40.6 Å². The monoisotopic (exact) mass is 546 g/mol. The molecule has 10 aliphatic rings. The van der Waals surface area contributed by atoms with Crippen LogP contribution < -0.4 is 0 Å². The van der Waals surface area contributed by atoms with Crippen LogP contribution in [0, 0.1) is 46.3 Å². The molecule has 4 nitrogen and oxygen atoms in total. The number of carbonyl (C=O) groups excluding carboxylic acids is 2. The molecule has 2 amide bonds. The van der Waals surface area contributed by atoms with E-state index in [9.17, 15) is 0 Å². The second kappa shape index (κ2) is 9.22. The number of amides is 2. The molecule has 0 N–H and O–H groups in total. The lowest BCUT2D eigenvalue weighted by molar-refractivity contribution is -0.184. The second-order valence-corrected chi connectivity index (χ2v) is 17.0. The van der Waals surface area contributed by atoms with E-state index in [0.29, 0.717) is 47.8 Å². The summed E-state index contributed by atoms with van der Waals surface area (Å²) in [6, 6.07) is 2.05. The molecule has 220 valence electrons. The Hall–Kier alpha value is -1.06. The van der Waals surface area contributed by atoms with Gasteiger partial charge in [0, 0.05) is 24.2 Å². The van der Waals surface area contributed by atoms with Crippen molar-refractivity contribution in [2.75, 3.05) is 0 Å². The highest BCUT2D eigenvalue weighted by molar-refractivity contribution is 5.89. The van der Waals surface area contributed by atoms with Gasteiger partial charge in [0.25, 0.3) is 0 Å². The lowest BCUT2D eigenvalue weighted by Gasteiger charge is -2.62. The molecule has 0 aromatic heterocycles. The predicted octanol–water partition coefficient (Wildman–Crippen LogP) is 7.49. The number of rotatable bonds is 2. The minimum atomic E-state index is -0.230. The number of likely N-dealkylation sites (tertiary alicyclic amines) is 2. The third-order valence-electron chi connectivity index (χ3n) is 15.1. The largest absolute Gasteiger partial charge is 0.336 e. The highest BCUT2D eigenvalue weighted by atomic mass is 16.2. The Balaban J connectivity index is 1.05. The van der Waals surface area contributed by atoms with Crippen LogP contribution in [-0.2, 0) is 9.59 Å². The standard InChI is InChI=1S/C36H54N2O2/c39-33(37-29-13-5-1-9-25(29)26-10-2-6-14-30(26)37)35-18-23-17-24(19-35)21-36(20-23,22-35)34(40)38-31-15-7-3-11-27(31)28-12-4-8-16-32(28)38/h23-32H,1-22H2. The van der Waals surface area contributed by atoms with Gasteiger partial charge in [-0.05, 0) is 125 Å². The van der Waals surface area contributed by atoms with E-state index in [-0.39, 0.29) is 10.8 Å². The Labute approximate surface area is 242 Å². The number of nitrogens with zero attached hydrogens (tertiary/aromatic N) is 2. The van der Waals surface area contributed by atoms with Gasteiger partial charge in [-0.2, -0.15) is 0 Å². The highest BCUT2D eigenvalue weighted by Gasteiger charge is 2.67. The van der Waals surface area contributed by atoms with E-state index in [1.807, 2.05) is 0 Å². The first-order valence-electron chi connectivity index (χ1n) is 18.2. The van der Waals surface area contributed by atoms with Crippen molar-refractivity contribution < 1.29 is 9.59 Å². The maximum Gasteiger partial charge on any atom is 0.229 e. The van der Waals surface area contributed by atoms with Crippen LogP contribution in [0.15, 0.2) is 0 Å². The Morgan fingerprint density at radius 2 is 0.750 bits per heavy atom. The summed E-state index contributed by atoms with van der Waals surface area (Å²) < 4.78 is 0. The van der Waals surface area contributed by atoms with Gasteiger partial charge in [-0.15, -0.1) is 0 Å². The third-order valence-corrected chi connectivity index (χ3v) is 15.1. The van der Waals surface area contributed by atoms with Gasteiger partial charge < -0.3 is 9.80 Å². The van der Waals surface area contributed by atoms with Crippen molar-refractivity contribution in [3.05, 3.63) is 0 Å². The second-order valence-electron chi connectivity index (χ2n) is 17.0. The molecule has 10 fully saturated rings. The van der Waals surface area contributed by atoms with E-state index >= 15 is 9.59 Å². The van der Waals surface area contributed by atoms with Crippen LogP contribution in [-0.4, -0.2) is 45.8 Å². The summed E-state index contributed by atoms with van der Waals surface area (Å²) in [4.78, 5) is 35.4. The molecule has 0 radical (unpaired) electrons. The molecule has 40 heavy (non-hydrogen) atoms. The average molecular weight is 547 g/mol. The van der Waals surface area contributed by atoms with Gasteiger partial charge in [-0.25, -0.2) is 0 Å². The quantitative estimate of drug-likeness (QED) is 0.360. The molecular formula is C36H54N2O2. The fourth-order valence-corrected chi connectivity index (χ4v) is 14.3. The van der Waals surface area contributed by atoms with Crippen LogP contribution in [0.2, 0.25) is 0 Å². The molecule has 8 saturated carbocycles. The van der Waals surface area contributed by atoms with Gasteiger partial charge in [0.15, 0.2) is 0 Å². The van der Waals surface area contributed by atoms with Crippen LogP contribution in [0.4, 0.5) is 0 Å². The zero-order chi connectivity index (χ0) is 26.6. The summed E-state index contributed by atoms with van der Waals surface area (Å²) in [7, 11) is 0. The van der Waals surface area contributed by atoms with E-state index in [1.54, 1.807) is 0 Å². The van der Waals surface area contributed by atoms with E-state index in [4.69, 9.17) is 0 Å². The van der Waals surface area contributed by atoms with Crippen LogP contribution in [0.25, 0.3) is 0 Å². The molecule has 0 aromatic rings. The maximum atomic E-state index is 15.2. The van der Waals surface area contributed by atoms with E-state index < -0.39 is 0 Å². The number of hydrogen-bond acceptors (Lipinski definition) is 2. The first-order chi connectivity index (χ1) is 19.6. The van der Waals surface area contributed by atoms with Crippen molar-refractivity contribution in [3.63, 3.8) is 0 Å². The Morgan fingerprint density at radius 1 is 0.450 bits per heavy atom. The third kappa shape index (κ3) is 3.49. The van der Waals surface area contributed by atoms with E-state index in [1.165, 1.54) is 109 Å². The number of fused-ring (bicyclic) bond motifs is 6. The van der Waals surface area contributed by atoms with Gasteiger partial charge in [0.2, 0.25) is 11.8 Å². The van der Waals surface area contributed by atoms with Gasteiger partial charge in [-0.3, -0.25) is 9.59 Å². The summed E-state index contributed by atoms with van der Waals surface area (Å²) in [6.07, 6.45) is 27.7. The minimum Gasteiger partial charge on any atom is -0.336 e. The van der Waals surface area contributed by atoms with Crippen LogP contribution in [0.1, 0.15) is 141 Å². The molecule has 8 unspecified atom stereocenters. The van der Waals surface area contributed by atoms with Gasteiger partial charge >= 0.3 is 0 Å². The number of carbonyl (C=O) groups is 2. The van der Waals surface area contributed by atoms with E-state index in [0.717, 1.165) is 55.8 Å². The van der Waals surface area contributed by atoms with Gasteiger partial charge in [-0.1, -0.05) is 51.4 Å². The molecule has 8 aliphatic carbocycles. The maximum absolute atomic E-state index is 15.2. The molecule has 10 rings (SSSR count). The first-order valence-corrected chi connectivity index (χ1v) is 18.2. The summed E-state index contributed by atoms with van der Waals surface area (Å²) in [5.74, 6) is 5.38. The molecule has 2 aliphatic heterocycles. The highest BCUT2D eigenvalue weighted by Crippen LogP contribution is 2.68. The first kappa shape index (κ1) is 25.4. The van der Waals surface area contributed by atoms with Gasteiger partial charge in [0.05, 0.1) is 10.8 Å². The molecular weight excluding hydrogens is 492 g/mol. The predicted molar refractivity (Wildman–Crippen MR) is 156 cm³/mol. The van der Waals surface area contributed by atoms with Crippen molar-refractivity contribution in [1.29, 1.82) is 0 Å². The lowest BCUT2D eigenvalue weighted by atomic mass is 9.43. The number of hydrogen-bond donors (Lipinski definition) is 0. The summed E-state index contributed by atoms with van der Waals surface area (Å²) in [6.45, 7) is 0. The summed E-state index contributed by atoms with van der Waals surface area (Å²) in [5.41, 5.74) is -0.461. The molecule has 4 bridgehead atoms. The molecule has 2 saturated heterocycles. The molecule has 0 aromatic carbocycles. The van der Waals surface area contributed by atoms with Gasteiger partial charge in [0.1, 0.15) is 0 Å². The zero-order valence-corrected chi connectivity index (χ0v) is 25.0. The summed E-state index contributed by atoms with van der Waals surface area (Å²) in [5, 5.41) is 0. The van der Waals surface area contributed by atoms with E-state index in [2.05, 4.69) is 9.80 Å². The van der Waals surface area contributed by atoms with Crippen molar-refractivity contribution in [1.82, 2.24) is 9.80 Å². The fraction of sp³-hybridized carbons (Fsp3) is 0.944. The zero-order valence-electron chi connectivity index (χ0n) is 25.0. The Morgan fingerprint density at radius 3 is 1.07 bits per heavy atom. The average Bonchev–Trinajstić information content (AvgIpc) is 3.49. The Kier molecular flexibility index (Phi) is 5.86. The Bertz CT molecular complexity index is 917. The van der Waals surface area contributed by atoms with Crippen molar-refractivity contribution in [2.45, 2.75) is 165 Å². The van der Waals surface area contributed by atoms with Crippen molar-refractivity contribution >= 4 is 11.8 Å². The van der Waals surface area contributed by atoms with Crippen molar-refractivity contribution in [2.24, 2.45) is 46.3 Å². The van der Waals surface area contributed by atoms with Crippen LogP contribution >= 0.6 is 0 Å². The minimum absolute atomic E-state index is 0.230. The normalized spacial score (nSPS) is 52.6. The summed E-state index contributed by atoms with van der Waals surface area (Å²) >= 11 is 0. The molecule has 2 heterocycles. The van der Waals surface area contributed by atoms with Crippen molar-refractivity contribution in [3.8, 4) is 0 Å². The molecule has 0 spiro atoms. The molecule has 8 atom stereocenters. The smallest absolute Gasteiger partial charge is 0.229 e. The SMILES string of the molecule is O=C(N1C2CCCCC2C2CCCCC21)C12CC3CC(C1)CC(C(=O)N1C4CCCCC4C4CCCCC41)(C3)C2. The lowest BCUT2D eigenvalue weighted by Crippen LogP contribution is -2.64. The van der Waals surface area contributed by atoms with Crippen LogP contribution in [0.3, 0.4) is 0 Å². The molecule has 4 heteroatoms. The fourth-order valence-electron chi connectivity index (χ4n) is 14.3. The van der Waals surface area contributed by atoms with Crippen LogP contribution in [0.5, 0.6) is 0 Å².